The highest BCUT2D eigenvalue weighted by molar-refractivity contribution is 6.15. The molecule has 1 aromatic carbocycles. The molecule has 0 aromatic heterocycles. The Kier molecular flexibility index (Phi) is 5.31. The first-order valence-corrected chi connectivity index (χ1v) is 7.64. The van der Waals surface area contributed by atoms with Gasteiger partial charge < -0.3 is 9.47 Å². The van der Waals surface area contributed by atoms with Gasteiger partial charge in [0.1, 0.15) is 0 Å². The SMILES string of the molecule is CCCCC(CC)COC(=O)c1ccc2c(c1)C(=O)OC2=O. The topological polar surface area (TPSA) is 69.7 Å². The number of esters is 3. The van der Waals surface area contributed by atoms with Crippen LogP contribution < -0.4 is 0 Å². The predicted molar refractivity (Wildman–Crippen MR) is 79.8 cm³/mol. The maximum absolute atomic E-state index is 12.1. The molecule has 0 radical (unpaired) electrons. The molecule has 2 rings (SSSR count). The summed E-state index contributed by atoms with van der Waals surface area (Å²) in [6.45, 7) is 4.57. The molecule has 5 nitrogen and oxygen atoms in total. The Morgan fingerprint density at radius 2 is 1.91 bits per heavy atom. The van der Waals surface area contributed by atoms with Crippen molar-refractivity contribution in [2.24, 2.45) is 5.92 Å². The van der Waals surface area contributed by atoms with Crippen molar-refractivity contribution in [3.63, 3.8) is 0 Å². The first-order valence-electron chi connectivity index (χ1n) is 7.64. The Morgan fingerprint density at radius 1 is 1.18 bits per heavy atom. The van der Waals surface area contributed by atoms with Crippen molar-refractivity contribution in [1.82, 2.24) is 0 Å². The van der Waals surface area contributed by atoms with Gasteiger partial charge in [-0.05, 0) is 30.5 Å². The molecular formula is C17H20O5. The van der Waals surface area contributed by atoms with Gasteiger partial charge in [-0.2, -0.15) is 0 Å². The van der Waals surface area contributed by atoms with Crippen LogP contribution in [0.15, 0.2) is 18.2 Å². The molecule has 5 heteroatoms. The lowest BCUT2D eigenvalue weighted by atomic mass is 10.0. The van der Waals surface area contributed by atoms with Crippen molar-refractivity contribution in [2.45, 2.75) is 39.5 Å². The highest BCUT2D eigenvalue weighted by Gasteiger charge is 2.30. The molecule has 0 fully saturated rings. The fourth-order valence-electron chi connectivity index (χ4n) is 2.39. The number of carbonyl (C=O) groups excluding carboxylic acids is 3. The maximum atomic E-state index is 12.1. The summed E-state index contributed by atoms with van der Waals surface area (Å²) < 4.78 is 9.82. The zero-order chi connectivity index (χ0) is 16.1. The number of benzene rings is 1. The van der Waals surface area contributed by atoms with Gasteiger partial charge in [-0.3, -0.25) is 0 Å². The van der Waals surface area contributed by atoms with Crippen molar-refractivity contribution in [3.05, 3.63) is 34.9 Å². The fraction of sp³-hybridized carbons (Fsp3) is 0.471. The zero-order valence-corrected chi connectivity index (χ0v) is 12.9. The van der Waals surface area contributed by atoms with Crippen LogP contribution in [0.5, 0.6) is 0 Å². The molecule has 1 atom stereocenters. The molecule has 0 saturated carbocycles. The van der Waals surface area contributed by atoms with Crippen LogP contribution in [-0.2, 0) is 9.47 Å². The van der Waals surface area contributed by atoms with Gasteiger partial charge in [-0.15, -0.1) is 0 Å². The lowest BCUT2D eigenvalue weighted by Gasteiger charge is -2.14. The van der Waals surface area contributed by atoms with Crippen molar-refractivity contribution < 1.29 is 23.9 Å². The van der Waals surface area contributed by atoms with E-state index in [0.717, 1.165) is 25.7 Å². The quantitative estimate of drug-likeness (QED) is 0.570. The van der Waals surface area contributed by atoms with Crippen molar-refractivity contribution in [1.29, 1.82) is 0 Å². The molecule has 118 valence electrons. The van der Waals surface area contributed by atoms with E-state index in [4.69, 9.17) is 4.74 Å². The molecule has 0 amide bonds. The zero-order valence-electron chi connectivity index (χ0n) is 12.9. The largest absolute Gasteiger partial charge is 0.462 e. The molecular weight excluding hydrogens is 284 g/mol. The lowest BCUT2D eigenvalue weighted by Crippen LogP contribution is -2.14. The summed E-state index contributed by atoms with van der Waals surface area (Å²) in [5.41, 5.74) is 0.573. The Balaban J connectivity index is 2.00. The fourth-order valence-corrected chi connectivity index (χ4v) is 2.39. The van der Waals surface area contributed by atoms with E-state index in [9.17, 15) is 14.4 Å². The first kappa shape index (κ1) is 16.2. The van der Waals surface area contributed by atoms with Crippen LogP contribution >= 0.6 is 0 Å². The van der Waals surface area contributed by atoms with E-state index in [1.807, 2.05) is 0 Å². The number of unbranched alkanes of at least 4 members (excludes halogenated alkanes) is 1. The van der Waals surface area contributed by atoms with Gasteiger partial charge in [-0.25, -0.2) is 14.4 Å². The third kappa shape index (κ3) is 3.53. The van der Waals surface area contributed by atoms with E-state index in [2.05, 4.69) is 18.6 Å². The van der Waals surface area contributed by atoms with Crippen LogP contribution in [0, 0.1) is 5.92 Å². The molecule has 0 saturated heterocycles. The van der Waals surface area contributed by atoms with Gasteiger partial charge in [0.05, 0.1) is 23.3 Å². The van der Waals surface area contributed by atoms with Crippen molar-refractivity contribution in [3.8, 4) is 0 Å². The van der Waals surface area contributed by atoms with Crippen LogP contribution in [0.1, 0.15) is 70.6 Å². The number of carbonyl (C=O) groups is 3. The van der Waals surface area contributed by atoms with Crippen molar-refractivity contribution in [2.75, 3.05) is 6.61 Å². The molecule has 1 aliphatic heterocycles. The third-order valence-corrected chi connectivity index (χ3v) is 3.87. The molecule has 22 heavy (non-hydrogen) atoms. The van der Waals surface area contributed by atoms with E-state index < -0.39 is 17.9 Å². The van der Waals surface area contributed by atoms with E-state index in [0.29, 0.717) is 12.5 Å². The van der Waals surface area contributed by atoms with E-state index >= 15 is 0 Å². The summed E-state index contributed by atoms with van der Waals surface area (Å²) in [6, 6.07) is 4.26. The summed E-state index contributed by atoms with van der Waals surface area (Å²) in [6.07, 6.45) is 4.22. The Bertz CT molecular complexity index is 591. The number of ether oxygens (including phenoxy) is 2. The minimum absolute atomic E-state index is 0.123. The summed E-state index contributed by atoms with van der Waals surface area (Å²) >= 11 is 0. The minimum atomic E-state index is -0.718. The second-order valence-corrected chi connectivity index (χ2v) is 5.45. The van der Waals surface area contributed by atoms with Gasteiger partial charge in [0.2, 0.25) is 0 Å². The molecule has 0 spiro atoms. The number of fused-ring (bicyclic) bond motifs is 1. The second-order valence-electron chi connectivity index (χ2n) is 5.45. The lowest BCUT2D eigenvalue weighted by molar-refractivity contribution is 0.0424. The standard InChI is InChI=1S/C17H20O5/c1-3-5-6-11(4-2)10-21-15(18)12-7-8-13-14(9-12)17(20)22-16(13)19/h7-9,11H,3-6,10H2,1-2H3. The van der Waals surface area contributed by atoms with Gasteiger partial charge in [0.25, 0.3) is 0 Å². The summed E-state index contributed by atoms with van der Waals surface area (Å²) in [5, 5.41) is 0. The Labute approximate surface area is 129 Å². The van der Waals surface area contributed by atoms with Crippen LogP contribution in [0.4, 0.5) is 0 Å². The number of cyclic esters (lactones) is 2. The van der Waals surface area contributed by atoms with Crippen LogP contribution in [0.2, 0.25) is 0 Å². The normalized spacial score (nSPS) is 14.5. The molecule has 1 heterocycles. The van der Waals surface area contributed by atoms with E-state index in [-0.39, 0.29) is 16.7 Å². The smallest absolute Gasteiger partial charge is 0.346 e. The monoisotopic (exact) mass is 304 g/mol. The molecule has 1 aromatic rings. The Hall–Kier alpha value is -2.17. The van der Waals surface area contributed by atoms with Gasteiger partial charge in [0.15, 0.2) is 0 Å². The van der Waals surface area contributed by atoms with Crippen LogP contribution in [0.3, 0.4) is 0 Å². The van der Waals surface area contributed by atoms with E-state index in [1.165, 1.54) is 18.2 Å². The summed E-state index contributed by atoms with van der Waals surface area (Å²) in [5.74, 6) is -1.52. The highest BCUT2D eigenvalue weighted by Crippen LogP contribution is 2.22. The minimum Gasteiger partial charge on any atom is -0.462 e. The molecule has 0 aliphatic carbocycles. The maximum Gasteiger partial charge on any atom is 0.346 e. The van der Waals surface area contributed by atoms with Crippen LogP contribution in [0.25, 0.3) is 0 Å². The highest BCUT2D eigenvalue weighted by atomic mass is 16.6. The third-order valence-electron chi connectivity index (χ3n) is 3.87. The molecule has 1 unspecified atom stereocenters. The average molecular weight is 304 g/mol. The second kappa shape index (κ2) is 7.20. The van der Waals surface area contributed by atoms with Crippen molar-refractivity contribution >= 4 is 17.9 Å². The van der Waals surface area contributed by atoms with E-state index in [1.54, 1.807) is 0 Å². The van der Waals surface area contributed by atoms with Gasteiger partial charge >= 0.3 is 17.9 Å². The van der Waals surface area contributed by atoms with Gasteiger partial charge in [-0.1, -0.05) is 33.1 Å². The number of hydrogen-bond donors (Lipinski definition) is 0. The number of rotatable bonds is 7. The van der Waals surface area contributed by atoms with Crippen LogP contribution in [-0.4, -0.2) is 24.5 Å². The Morgan fingerprint density at radius 3 is 2.59 bits per heavy atom. The summed E-state index contributed by atoms with van der Waals surface area (Å²) in [7, 11) is 0. The average Bonchev–Trinajstić information content (AvgIpc) is 2.81. The number of hydrogen-bond acceptors (Lipinski definition) is 5. The molecule has 1 aliphatic rings. The molecule has 0 N–H and O–H groups in total. The predicted octanol–water partition coefficient (Wildman–Crippen LogP) is 3.37. The first-order chi connectivity index (χ1) is 10.6. The molecule has 0 bridgehead atoms. The van der Waals surface area contributed by atoms with Gasteiger partial charge in [0, 0.05) is 0 Å². The summed E-state index contributed by atoms with van der Waals surface area (Å²) in [4.78, 5) is 34.9.